The molecule has 0 atom stereocenters. The molecule has 166 valence electrons. The predicted molar refractivity (Wildman–Crippen MR) is 128 cm³/mol. The second-order valence-corrected chi connectivity index (χ2v) is 7.45. The molecule has 8 heteroatoms. The summed E-state index contributed by atoms with van der Waals surface area (Å²) in [6.07, 6.45) is 3.22. The zero-order valence-electron chi connectivity index (χ0n) is 17.9. The first-order chi connectivity index (χ1) is 16.6. The van der Waals surface area contributed by atoms with Crippen LogP contribution in [0.1, 0.15) is 20.7 Å². The quantitative estimate of drug-likeness (QED) is 0.395. The molecule has 0 bridgehead atoms. The van der Waals surface area contributed by atoms with Crippen molar-refractivity contribution in [1.29, 1.82) is 0 Å². The van der Waals surface area contributed by atoms with Crippen molar-refractivity contribution in [3.8, 4) is 17.3 Å². The lowest BCUT2D eigenvalue weighted by Crippen LogP contribution is -2.13. The molecule has 0 aliphatic heterocycles. The third-order valence-electron chi connectivity index (χ3n) is 5.18. The molecule has 8 nitrogen and oxygen atoms in total. The summed E-state index contributed by atoms with van der Waals surface area (Å²) >= 11 is 0. The molecule has 0 radical (unpaired) electrons. The van der Waals surface area contributed by atoms with Crippen molar-refractivity contribution in [3.63, 3.8) is 0 Å². The third kappa shape index (κ3) is 4.20. The molecule has 2 heterocycles. The monoisotopic (exact) mass is 449 g/mol. The van der Waals surface area contributed by atoms with Gasteiger partial charge in [0.2, 0.25) is 0 Å². The van der Waals surface area contributed by atoms with Crippen LogP contribution in [0.25, 0.3) is 16.9 Å². The molecule has 5 aromatic rings. The van der Waals surface area contributed by atoms with Crippen molar-refractivity contribution < 1.29 is 14.3 Å². The van der Waals surface area contributed by atoms with E-state index in [1.54, 1.807) is 67.0 Å². The van der Waals surface area contributed by atoms with Crippen LogP contribution in [0.4, 0.5) is 5.69 Å². The minimum atomic E-state index is -0.584. The fourth-order valence-electron chi connectivity index (χ4n) is 3.53. The molecule has 0 saturated carbocycles. The van der Waals surface area contributed by atoms with Crippen molar-refractivity contribution in [2.24, 2.45) is 5.73 Å². The highest BCUT2D eigenvalue weighted by atomic mass is 16.5. The van der Waals surface area contributed by atoms with Gasteiger partial charge < -0.3 is 15.8 Å². The van der Waals surface area contributed by atoms with Gasteiger partial charge in [0.05, 0.1) is 22.2 Å². The lowest BCUT2D eigenvalue weighted by Gasteiger charge is -2.11. The SMILES string of the molecule is NC(=O)c1ccccc1Oc1cccc(NC(=O)c2ccc(-n3cnc4ccccc43)nc2)c1. The Morgan fingerprint density at radius 3 is 2.53 bits per heavy atom. The number of amides is 2. The number of fused-ring (bicyclic) bond motifs is 1. The van der Waals surface area contributed by atoms with Crippen molar-refractivity contribution in [1.82, 2.24) is 14.5 Å². The summed E-state index contributed by atoms with van der Waals surface area (Å²) in [6, 6.07) is 24.8. The molecular formula is C26H19N5O3. The van der Waals surface area contributed by atoms with Crippen LogP contribution in [0.2, 0.25) is 0 Å². The second kappa shape index (κ2) is 8.87. The van der Waals surface area contributed by atoms with Gasteiger partial charge in [0, 0.05) is 18.0 Å². The number of nitrogens with one attached hydrogen (secondary N) is 1. The molecular weight excluding hydrogens is 430 g/mol. The van der Waals surface area contributed by atoms with Crippen molar-refractivity contribution in [2.45, 2.75) is 0 Å². The van der Waals surface area contributed by atoms with E-state index in [2.05, 4.69) is 15.3 Å². The zero-order valence-corrected chi connectivity index (χ0v) is 17.9. The van der Waals surface area contributed by atoms with Gasteiger partial charge >= 0.3 is 0 Å². The highest BCUT2D eigenvalue weighted by molar-refractivity contribution is 6.04. The molecule has 0 aliphatic carbocycles. The number of para-hydroxylation sites is 3. The van der Waals surface area contributed by atoms with Crippen molar-refractivity contribution in [3.05, 3.63) is 109 Å². The van der Waals surface area contributed by atoms with E-state index < -0.39 is 5.91 Å². The maximum absolute atomic E-state index is 12.8. The molecule has 0 fully saturated rings. The molecule has 3 N–H and O–H groups in total. The van der Waals surface area contributed by atoms with E-state index in [-0.39, 0.29) is 11.5 Å². The zero-order chi connectivity index (χ0) is 23.5. The number of imidazole rings is 1. The van der Waals surface area contributed by atoms with Crippen molar-refractivity contribution in [2.75, 3.05) is 5.32 Å². The Labute approximate surface area is 194 Å². The summed E-state index contributed by atoms with van der Waals surface area (Å²) in [4.78, 5) is 33.2. The Morgan fingerprint density at radius 2 is 1.71 bits per heavy atom. The maximum Gasteiger partial charge on any atom is 0.257 e. The molecule has 34 heavy (non-hydrogen) atoms. The third-order valence-corrected chi connectivity index (χ3v) is 5.18. The summed E-state index contributed by atoms with van der Waals surface area (Å²) in [6.45, 7) is 0. The lowest BCUT2D eigenvalue weighted by molar-refractivity contribution is 0.0995. The molecule has 5 rings (SSSR count). The number of hydrogen-bond acceptors (Lipinski definition) is 5. The normalized spacial score (nSPS) is 10.7. The van der Waals surface area contributed by atoms with Gasteiger partial charge in [0.25, 0.3) is 11.8 Å². The molecule has 0 unspecified atom stereocenters. The van der Waals surface area contributed by atoms with E-state index in [1.807, 2.05) is 28.8 Å². The highest BCUT2D eigenvalue weighted by Crippen LogP contribution is 2.27. The van der Waals surface area contributed by atoms with Crippen molar-refractivity contribution >= 4 is 28.5 Å². The average Bonchev–Trinajstić information content (AvgIpc) is 3.29. The first-order valence-electron chi connectivity index (χ1n) is 10.4. The number of nitrogens with two attached hydrogens (primary N) is 1. The van der Waals surface area contributed by atoms with Crippen LogP contribution in [0.15, 0.2) is 97.5 Å². The minimum absolute atomic E-state index is 0.272. The van der Waals surface area contributed by atoms with Gasteiger partial charge in [-0.05, 0) is 48.5 Å². The predicted octanol–water partition coefficient (Wildman–Crippen LogP) is 4.56. The second-order valence-electron chi connectivity index (χ2n) is 7.45. The Morgan fingerprint density at radius 1 is 0.882 bits per heavy atom. The lowest BCUT2D eigenvalue weighted by atomic mass is 10.2. The number of benzene rings is 3. The number of rotatable bonds is 6. The number of hydrogen-bond donors (Lipinski definition) is 2. The number of carbonyl (C=O) groups excluding carboxylic acids is 2. The highest BCUT2D eigenvalue weighted by Gasteiger charge is 2.12. The van der Waals surface area contributed by atoms with Crippen LogP contribution in [0.3, 0.4) is 0 Å². The van der Waals surface area contributed by atoms with Gasteiger partial charge in [-0.1, -0.05) is 30.3 Å². The van der Waals surface area contributed by atoms with Gasteiger partial charge in [0.15, 0.2) is 0 Å². The van der Waals surface area contributed by atoms with E-state index in [0.717, 1.165) is 11.0 Å². The number of aromatic nitrogens is 3. The molecule has 0 aliphatic rings. The molecule has 0 spiro atoms. The standard InChI is InChI=1S/C26H19N5O3/c27-25(32)20-8-1-4-11-23(20)34-19-7-5-6-18(14-19)30-26(33)17-12-13-24(28-15-17)31-16-29-21-9-2-3-10-22(21)31/h1-16H,(H2,27,32)(H,30,33). The van der Waals surface area contributed by atoms with Gasteiger partial charge in [-0.15, -0.1) is 0 Å². The summed E-state index contributed by atoms with van der Waals surface area (Å²) in [5.41, 5.74) is 8.41. The molecule has 2 amide bonds. The molecule has 2 aromatic heterocycles. The van der Waals surface area contributed by atoms with Gasteiger partial charge in [-0.3, -0.25) is 14.2 Å². The molecule has 3 aromatic carbocycles. The van der Waals surface area contributed by atoms with Crippen LogP contribution in [-0.2, 0) is 0 Å². The number of anilines is 1. The number of carbonyl (C=O) groups is 2. The van der Waals surface area contributed by atoms with Gasteiger partial charge in [-0.2, -0.15) is 0 Å². The summed E-state index contributed by atoms with van der Waals surface area (Å²) in [7, 11) is 0. The van der Waals surface area contributed by atoms with Crippen LogP contribution in [0, 0.1) is 0 Å². The average molecular weight is 449 g/mol. The van der Waals surface area contributed by atoms with Crippen LogP contribution < -0.4 is 15.8 Å². The largest absolute Gasteiger partial charge is 0.456 e. The van der Waals surface area contributed by atoms with Gasteiger partial charge in [-0.25, -0.2) is 9.97 Å². The minimum Gasteiger partial charge on any atom is -0.456 e. The Balaban J connectivity index is 1.32. The Kier molecular flexibility index (Phi) is 5.45. The van der Waals surface area contributed by atoms with Crippen LogP contribution >= 0.6 is 0 Å². The number of ether oxygens (including phenoxy) is 1. The van der Waals surface area contributed by atoms with Crippen LogP contribution in [-0.4, -0.2) is 26.3 Å². The Bertz CT molecular complexity index is 1510. The topological polar surface area (TPSA) is 112 Å². The summed E-state index contributed by atoms with van der Waals surface area (Å²) < 4.78 is 7.68. The van der Waals surface area contributed by atoms with Gasteiger partial charge in [0.1, 0.15) is 23.6 Å². The van der Waals surface area contributed by atoms with E-state index in [0.29, 0.717) is 28.6 Å². The first kappa shape index (κ1) is 20.9. The number of nitrogens with zero attached hydrogens (tertiary/aromatic N) is 3. The van der Waals surface area contributed by atoms with E-state index in [1.165, 1.54) is 6.20 Å². The maximum atomic E-state index is 12.8. The fraction of sp³-hybridized carbons (Fsp3) is 0. The van der Waals surface area contributed by atoms with E-state index >= 15 is 0 Å². The summed E-state index contributed by atoms with van der Waals surface area (Å²) in [5.74, 6) is 0.551. The number of primary amides is 1. The smallest absolute Gasteiger partial charge is 0.257 e. The summed E-state index contributed by atoms with van der Waals surface area (Å²) in [5, 5.41) is 2.84. The van der Waals surface area contributed by atoms with Crippen LogP contribution in [0.5, 0.6) is 11.5 Å². The molecule has 0 saturated heterocycles. The van der Waals surface area contributed by atoms with E-state index in [9.17, 15) is 9.59 Å². The Hall–Kier alpha value is -4.98. The first-order valence-corrected chi connectivity index (χ1v) is 10.4. The fourth-order valence-corrected chi connectivity index (χ4v) is 3.53. The van der Waals surface area contributed by atoms with E-state index in [4.69, 9.17) is 10.5 Å². The number of pyridine rings is 1.